The second-order valence-electron chi connectivity index (χ2n) is 0.620. The van der Waals surface area contributed by atoms with Crippen LogP contribution in [0.5, 0.6) is 0 Å². The van der Waals surface area contributed by atoms with E-state index >= 15 is 0 Å². The highest BCUT2D eigenvalue weighted by atomic mass is 127. The van der Waals surface area contributed by atoms with Gasteiger partial charge in [-0.1, -0.05) is 45.2 Å². The van der Waals surface area contributed by atoms with Crippen LogP contribution in [0.4, 0.5) is 0 Å². The summed E-state index contributed by atoms with van der Waals surface area (Å²) >= 11 is 4.55. The molecular weight excluding hydrogens is 322 g/mol. The van der Waals surface area contributed by atoms with E-state index in [-0.39, 0.29) is 0 Å². The summed E-state index contributed by atoms with van der Waals surface area (Å²) in [5.74, 6) is -0.833. The standard InChI is InChI=1S/C2H4O2.CH2I2/c1-2(3)4;2-1-3/h1H3,(H,3,4);1H2. The van der Waals surface area contributed by atoms with E-state index in [1.54, 1.807) is 0 Å². The summed E-state index contributed by atoms with van der Waals surface area (Å²) in [6, 6.07) is 0. The summed E-state index contributed by atoms with van der Waals surface area (Å²) in [4.78, 5) is 9.00. The SMILES string of the molecule is CC(=O)O.ICI. The van der Waals surface area contributed by atoms with E-state index in [4.69, 9.17) is 9.90 Å². The number of rotatable bonds is 0. The molecule has 0 unspecified atom stereocenters. The smallest absolute Gasteiger partial charge is 0.300 e. The second kappa shape index (κ2) is 10.0. The molecule has 0 atom stereocenters. The van der Waals surface area contributed by atoms with Gasteiger partial charge >= 0.3 is 0 Å². The zero-order chi connectivity index (χ0) is 6.28. The zero-order valence-corrected chi connectivity index (χ0v) is 8.13. The van der Waals surface area contributed by atoms with Gasteiger partial charge in [-0.05, 0) is 0 Å². The molecule has 0 bridgehead atoms. The normalized spacial score (nSPS) is 6.14. The van der Waals surface area contributed by atoms with E-state index < -0.39 is 5.97 Å². The van der Waals surface area contributed by atoms with Gasteiger partial charge in [0.05, 0.1) is 2.43 Å². The first-order valence-electron chi connectivity index (χ1n) is 1.46. The van der Waals surface area contributed by atoms with Crippen molar-refractivity contribution in [2.45, 2.75) is 6.92 Å². The Labute approximate surface area is 70.0 Å². The third-order valence-electron chi connectivity index (χ3n) is 0. The highest BCUT2D eigenvalue weighted by molar-refractivity contribution is 14.2. The van der Waals surface area contributed by atoms with Gasteiger partial charge in [0.25, 0.3) is 5.97 Å². The molecule has 0 fully saturated rings. The van der Waals surface area contributed by atoms with Gasteiger partial charge in [-0.25, -0.2) is 0 Å². The average Bonchev–Trinajstić information content (AvgIpc) is 1.33. The van der Waals surface area contributed by atoms with Gasteiger partial charge in [0, 0.05) is 6.92 Å². The van der Waals surface area contributed by atoms with Crippen molar-refractivity contribution in [2.75, 3.05) is 2.43 Å². The van der Waals surface area contributed by atoms with Crippen molar-refractivity contribution in [1.82, 2.24) is 0 Å². The molecule has 0 aromatic carbocycles. The molecule has 0 aliphatic rings. The molecule has 0 amide bonds. The predicted octanol–water partition coefficient (Wildman–Crippen LogP) is 1.90. The van der Waals surface area contributed by atoms with Crippen molar-refractivity contribution < 1.29 is 9.90 Å². The topological polar surface area (TPSA) is 37.3 Å². The minimum Gasteiger partial charge on any atom is -0.481 e. The quantitative estimate of drug-likeness (QED) is 0.545. The summed E-state index contributed by atoms with van der Waals surface area (Å²) in [5, 5.41) is 7.42. The Hall–Kier alpha value is 0.930. The average molecular weight is 328 g/mol. The van der Waals surface area contributed by atoms with Crippen LogP contribution in [0, 0.1) is 0 Å². The first-order chi connectivity index (χ1) is 3.15. The van der Waals surface area contributed by atoms with E-state index in [0.29, 0.717) is 0 Å². The van der Waals surface area contributed by atoms with Gasteiger partial charge in [-0.2, -0.15) is 0 Å². The van der Waals surface area contributed by atoms with Crippen LogP contribution in [-0.4, -0.2) is 13.5 Å². The van der Waals surface area contributed by atoms with Crippen molar-refractivity contribution >= 4 is 51.2 Å². The van der Waals surface area contributed by atoms with Crippen LogP contribution in [0.1, 0.15) is 6.92 Å². The molecule has 0 saturated carbocycles. The predicted molar refractivity (Wildman–Crippen MR) is 46.2 cm³/mol. The molecule has 0 rings (SSSR count). The van der Waals surface area contributed by atoms with Gasteiger partial charge in [0.2, 0.25) is 0 Å². The summed E-state index contributed by atoms with van der Waals surface area (Å²) in [6.07, 6.45) is 0. The van der Waals surface area contributed by atoms with Crippen molar-refractivity contribution in [3.8, 4) is 0 Å². The van der Waals surface area contributed by atoms with Gasteiger partial charge in [-0.15, -0.1) is 0 Å². The van der Waals surface area contributed by atoms with Crippen LogP contribution in [0.25, 0.3) is 0 Å². The van der Waals surface area contributed by atoms with Gasteiger partial charge < -0.3 is 5.11 Å². The van der Waals surface area contributed by atoms with Gasteiger partial charge in [-0.3, -0.25) is 4.79 Å². The Morgan fingerprint density at radius 1 is 1.71 bits per heavy atom. The number of hydrogen-bond donors (Lipinski definition) is 1. The lowest BCUT2D eigenvalue weighted by Crippen LogP contribution is -1.78. The number of carbonyl (C=O) groups is 1. The van der Waals surface area contributed by atoms with Crippen molar-refractivity contribution in [3.63, 3.8) is 0 Å². The third kappa shape index (κ3) is 195. The maximum atomic E-state index is 9.00. The summed E-state index contributed by atoms with van der Waals surface area (Å²) < 4.78 is 1.19. The molecule has 0 spiro atoms. The zero-order valence-electron chi connectivity index (χ0n) is 3.82. The summed E-state index contributed by atoms with van der Waals surface area (Å²) in [6.45, 7) is 1.08. The summed E-state index contributed by atoms with van der Waals surface area (Å²) in [5.41, 5.74) is 0. The highest BCUT2D eigenvalue weighted by Crippen LogP contribution is 1.86. The summed E-state index contributed by atoms with van der Waals surface area (Å²) in [7, 11) is 0. The van der Waals surface area contributed by atoms with E-state index in [9.17, 15) is 0 Å². The van der Waals surface area contributed by atoms with Crippen molar-refractivity contribution in [3.05, 3.63) is 0 Å². The molecular formula is C3H6I2O2. The molecule has 0 aromatic heterocycles. The molecule has 0 radical (unpaired) electrons. The minimum atomic E-state index is -0.833. The number of hydrogen-bond acceptors (Lipinski definition) is 1. The first-order valence-corrected chi connectivity index (χ1v) is 4.51. The molecule has 1 N–H and O–H groups in total. The Bertz CT molecular complexity index is 42.2. The molecule has 7 heavy (non-hydrogen) atoms. The number of carboxylic acid groups (broad SMARTS) is 1. The molecule has 0 heterocycles. The maximum absolute atomic E-state index is 9.00. The van der Waals surface area contributed by atoms with Crippen LogP contribution in [0.2, 0.25) is 0 Å². The lowest BCUT2D eigenvalue weighted by Gasteiger charge is -1.59. The molecule has 0 aliphatic heterocycles. The first kappa shape index (κ1) is 10.8. The van der Waals surface area contributed by atoms with Gasteiger partial charge in [0.1, 0.15) is 0 Å². The molecule has 0 aliphatic carbocycles. The Morgan fingerprint density at radius 3 is 1.71 bits per heavy atom. The van der Waals surface area contributed by atoms with Crippen LogP contribution in [-0.2, 0) is 4.79 Å². The molecule has 0 aromatic rings. The van der Waals surface area contributed by atoms with E-state index in [2.05, 4.69) is 45.2 Å². The van der Waals surface area contributed by atoms with E-state index in [1.165, 1.54) is 2.43 Å². The number of aliphatic carboxylic acids is 1. The lowest BCUT2D eigenvalue weighted by atomic mass is 10.9. The largest absolute Gasteiger partial charge is 0.481 e. The van der Waals surface area contributed by atoms with Crippen molar-refractivity contribution in [1.29, 1.82) is 0 Å². The molecule has 44 valence electrons. The van der Waals surface area contributed by atoms with Crippen LogP contribution >= 0.6 is 45.2 Å². The van der Waals surface area contributed by atoms with E-state index in [0.717, 1.165) is 6.92 Å². The van der Waals surface area contributed by atoms with Crippen LogP contribution in [0.15, 0.2) is 0 Å². The highest BCUT2D eigenvalue weighted by Gasteiger charge is 1.65. The molecule has 4 heteroatoms. The molecule has 0 saturated heterocycles. The number of carboxylic acids is 1. The fraction of sp³-hybridized carbons (Fsp3) is 0.667. The second-order valence-corrected chi connectivity index (χ2v) is 5.06. The lowest BCUT2D eigenvalue weighted by molar-refractivity contribution is -0.134. The Morgan fingerprint density at radius 2 is 1.71 bits per heavy atom. The molecule has 2 nitrogen and oxygen atoms in total. The fourth-order valence-electron chi connectivity index (χ4n) is 0. The number of alkyl halides is 2. The van der Waals surface area contributed by atoms with Crippen LogP contribution in [0.3, 0.4) is 0 Å². The third-order valence-corrected chi connectivity index (χ3v) is 0. The maximum Gasteiger partial charge on any atom is 0.300 e. The Kier molecular flexibility index (Phi) is 15.5. The fourth-order valence-corrected chi connectivity index (χ4v) is 0. The number of halogens is 2. The van der Waals surface area contributed by atoms with Crippen molar-refractivity contribution in [2.24, 2.45) is 0 Å². The van der Waals surface area contributed by atoms with Gasteiger partial charge in [0.15, 0.2) is 0 Å². The van der Waals surface area contributed by atoms with E-state index in [1.807, 2.05) is 0 Å². The minimum absolute atomic E-state index is 0.833. The monoisotopic (exact) mass is 328 g/mol. The Balaban J connectivity index is 0. The van der Waals surface area contributed by atoms with Crippen LogP contribution < -0.4 is 0 Å².